The SMILES string of the molecule is Cn1nnnc1-c1cc(NC(=O)NCCCCN2CCCC(Cc3ccc(F)cc3)C2)cc(-c2nnnn2C)c1. The van der Waals surface area contributed by atoms with Gasteiger partial charge in [-0.05, 0) is 108 Å². The molecule has 0 radical (unpaired) electrons. The van der Waals surface area contributed by atoms with Crippen LogP contribution in [-0.4, -0.2) is 77.5 Å². The van der Waals surface area contributed by atoms with Gasteiger partial charge in [-0.2, -0.15) is 0 Å². The molecule has 2 N–H and O–H groups in total. The van der Waals surface area contributed by atoms with Gasteiger partial charge in [-0.3, -0.25) is 0 Å². The molecule has 4 aromatic rings. The van der Waals surface area contributed by atoms with Gasteiger partial charge in [0.15, 0.2) is 11.6 Å². The number of carbonyl (C=O) groups excluding carboxylic acids is 1. The van der Waals surface area contributed by atoms with Gasteiger partial charge in [0.2, 0.25) is 0 Å². The van der Waals surface area contributed by atoms with Gasteiger partial charge in [0.1, 0.15) is 5.82 Å². The van der Waals surface area contributed by atoms with E-state index < -0.39 is 0 Å². The molecule has 1 fully saturated rings. The van der Waals surface area contributed by atoms with Crippen LogP contribution in [0.25, 0.3) is 22.8 Å². The van der Waals surface area contributed by atoms with Crippen molar-refractivity contribution in [2.75, 3.05) is 31.5 Å². The number of likely N-dealkylation sites (tertiary alicyclic amines) is 1. The predicted octanol–water partition coefficient (Wildman–Crippen LogP) is 3.06. The van der Waals surface area contributed by atoms with Gasteiger partial charge in [0, 0.05) is 44.0 Å². The zero-order valence-corrected chi connectivity index (χ0v) is 22.8. The number of aromatic nitrogens is 8. The molecule has 1 aliphatic rings. The minimum atomic E-state index is -0.285. The maximum absolute atomic E-state index is 13.2. The summed E-state index contributed by atoms with van der Waals surface area (Å²) in [6.45, 7) is 3.75. The van der Waals surface area contributed by atoms with Crippen molar-refractivity contribution in [3.63, 3.8) is 0 Å². The van der Waals surface area contributed by atoms with Gasteiger partial charge in [0.05, 0.1) is 0 Å². The molecule has 12 nitrogen and oxygen atoms in total. The number of aryl methyl sites for hydroxylation is 2. The van der Waals surface area contributed by atoms with Crippen molar-refractivity contribution in [3.8, 4) is 22.8 Å². The van der Waals surface area contributed by atoms with Gasteiger partial charge in [-0.15, -0.1) is 10.2 Å². The number of nitrogens with one attached hydrogen (secondary N) is 2. The van der Waals surface area contributed by atoms with Gasteiger partial charge in [-0.25, -0.2) is 18.5 Å². The number of amides is 2. The molecule has 1 aliphatic heterocycles. The van der Waals surface area contributed by atoms with Crippen molar-refractivity contribution in [1.82, 2.24) is 50.6 Å². The van der Waals surface area contributed by atoms with Crippen molar-refractivity contribution in [3.05, 3.63) is 53.8 Å². The molecule has 1 saturated heterocycles. The fraction of sp³-hybridized carbons (Fsp3) is 0.444. The maximum atomic E-state index is 13.2. The maximum Gasteiger partial charge on any atom is 0.319 e. The van der Waals surface area contributed by atoms with E-state index >= 15 is 0 Å². The molecular weight excluding hydrogens is 513 g/mol. The number of benzene rings is 2. The number of anilines is 1. The second-order valence-electron chi connectivity index (χ2n) is 10.3. The van der Waals surface area contributed by atoms with Gasteiger partial charge >= 0.3 is 6.03 Å². The number of tetrazole rings is 2. The summed E-state index contributed by atoms with van der Waals surface area (Å²) in [6, 6.07) is 12.1. The van der Waals surface area contributed by atoms with Crippen molar-refractivity contribution in [2.24, 2.45) is 20.0 Å². The molecule has 5 rings (SSSR count). The van der Waals surface area contributed by atoms with E-state index in [9.17, 15) is 9.18 Å². The lowest BCUT2D eigenvalue weighted by Crippen LogP contribution is -2.37. The Labute approximate surface area is 231 Å². The van der Waals surface area contributed by atoms with Crippen LogP contribution in [0.5, 0.6) is 0 Å². The zero-order valence-electron chi connectivity index (χ0n) is 22.8. The standard InChI is InChI=1S/C27H34FN11O/c1-37-25(31-33-35-37)21-15-22(26-32-34-36-38(26)2)17-24(16-21)30-27(40)29-11-3-4-12-39-13-5-6-20(18-39)14-19-7-9-23(28)10-8-19/h7-10,15-17,20H,3-6,11-14,18H2,1-2H3,(H2,29,30,40). The number of carbonyl (C=O) groups is 1. The number of halogens is 1. The van der Waals surface area contributed by atoms with Crippen LogP contribution in [0, 0.1) is 11.7 Å². The topological polar surface area (TPSA) is 132 Å². The number of hydrogen-bond donors (Lipinski definition) is 2. The van der Waals surface area contributed by atoms with Crippen LogP contribution in [0.2, 0.25) is 0 Å². The number of piperidine rings is 1. The molecular formula is C27H34FN11O. The Morgan fingerprint density at radius 3 is 2.27 bits per heavy atom. The summed E-state index contributed by atoms with van der Waals surface area (Å²) in [5.74, 6) is 1.52. The van der Waals surface area contributed by atoms with Crippen LogP contribution in [-0.2, 0) is 20.5 Å². The van der Waals surface area contributed by atoms with E-state index in [0.29, 0.717) is 29.8 Å². The van der Waals surface area contributed by atoms with Crippen LogP contribution in [0.3, 0.4) is 0 Å². The third-order valence-corrected chi connectivity index (χ3v) is 7.17. The lowest BCUT2D eigenvalue weighted by atomic mass is 9.91. The van der Waals surface area contributed by atoms with Crippen molar-refractivity contribution >= 4 is 11.7 Å². The molecule has 0 saturated carbocycles. The zero-order chi connectivity index (χ0) is 27.9. The van der Waals surface area contributed by atoms with Crippen molar-refractivity contribution in [1.29, 1.82) is 0 Å². The quantitative estimate of drug-likeness (QED) is 0.290. The largest absolute Gasteiger partial charge is 0.338 e. The van der Waals surface area contributed by atoms with Crippen LogP contribution in [0.1, 0.15) is 31.2 Å². The summed E-state index contributed by atoms with van der Waals surface area (Å²) in [4.78, 5) is 15.2. The molecule has 40 heavy (non-hydrogen) atoms. The molecule has 0 aliphatic carbocycles. The lowest BCUT2D eigenvalue weighted by Gasteiger charge is -2.32. The summed E-state index contributed by atoms with van der Waals surface area (Å²) in [5.41, 5.74) is 3.23. The number of hydrogen-bond acceptors (Lipinski definition) is 8. The average Bonchev–Trinajstić information content (AvgIpc) is 3.57. The average molecular weight is 548 g/mol. The molecule has 210 valence electrons. The van der Waals surface area contributed by atoms with Gasteiger partial charge in [-0.1, -0.05) is 12.1 Å². The van der Waals surface area contributed by atoms with E-state index in [1.165, 1.54) is 18.4 Å². The molecule has 0 spiro atoms. The van der Waals surface area contributed by atoms with Crippen LogP contribution >= 0.6 is 0 Å². The Kier molecular flexibility index (Phi) is 8.69. The smallest absolute Gasteiger partial charge is 0.319 e. The fourth-order valence-corrected chi connectivity index (χ4v) is 5.22. The van der Waals surface area contributed by atoms with E-state index in [2.05, 4.69) is 46.6 Å². The number of urea groups is 1. The second kappa shape index (κ2) is 12.7. The normalized spacial score (nSPS) is 15.7. The van der Waals surface area contributed by atoms with E-state index in [0.717, 1.165) is 50.0 Å². The monoisotopic (exact) mass is 547 g/mol. The first kappa shape index (κ1) is 27.3. The summed E-state index contributed by atoms with van der Waals surface area (Å²) in [5, 5.41) is 29.3. The van der Waals surface area contributed by atoms with Crippen LogP contribution < -0.4 is 10.6 Å². The van der Waals surface area contributed by atoms with E-state index in [4.69, 9.17) is 0 Å². The highest BCUT2D eigenvalue weighted by Gasteiger charge is 2.20. The van der Waals surface area contributed by atoms with Gasteiger partial charge < -0.3 is 15.5 Å². The molecule has 13 heteroatoms. The second-order valence-corrected chi connectivity index (χ2v) is 10.3. The Morgan fingerprint density at radius 2 is 1.65 bits per heavy atom. The predicted molar refractivity (Wildman–Crippen MR) is 148 cm³/mol. The Balaban J connectivity index is 1.10. The Bertz CT molecular complexity index is 1360. The third-order valence-electron chi connectivity index (χ3n) is 7.17. The summed E-state index contributed by atoms with van der Waals surface area (Å²) in [6.07, 6.45) is 5.26. The highest BCUT2D eigenvalue weighted by atomic mass is 19.1. The molecule has 1 atom stereocenters. The summed E-state index contributed by atoms with van der Waals surface area (Å²) < 4.78 is 16.3. The molecule has 2 aromatic carbocycles. The summed E-state index contributed by atoms with van der Waals surface area (Å²) >= 11 is 0. The highest BCUT2D eigenvalue weighted by Crippen LogP contribution is 2.28. The van der Waals surface area contributed by atoms with Crippen LogP contribution in [0.4, 0.5) is 14.9 Å². The van der Waals surface area contributed by atoms with E-state index in [1.54, 1.807) is 35.6 Å². The number of unbranched alkanes of at least 4 members (excludes halogenated alkanes) is 1. The third kappa shape index (κ3) is 7.03. The molecule has 2 aromatic heterocycles. The van der Waals surface area contributed by atoms with Crippen LogP contribution in [0.15, 0.2) is 42.5 Å². The first-order valence-corrected chi connectivity index (χ1v) is 13.6. The molecule has 0 bridgehead atoms. The Hall–Kier alpha value is -4.26. The molecule has 2 amide bonds. The van der Waals surface area contributed by atoms with Crippen molar-refractivity contribution < 1.29 is 9.18 Å². The minimum Gasteiger partial charge on any atom is -0.338 e. The number of rotatable bonds is 10. The van der Waals surface area contributed by atoms with E-state index in [-0.39, 0.29) is 11.8 Å². The minimum absolute atomic E-state index is 0.186. The lowest BCUT2D eigenvalue weighted by molar-refractivity contribution is 0.171. The first-order valence-electron chi connectivity index (χ1n) is 13.6. The number of nitrogens with zero attached hydrogens (tertiary/aromatic N) is 9. The van der Waals surface area contributed by atoms with Gasteiger partial charge in [0.25, 0.3) is 0 Å². The molecule has 1 unspecified atom stereocenters. The molecule has 3 heterocycles. The highest BCUT2D eigenvalue weighted by molar-refractivity contribution is 5.91. The summed E-state index contributed by atoms with van der Waals surface area (Å²) in [7, 11) is 3.50. The first-order chi connectivity index (χ1) is 19.4. The van der Waals surface area contributed by atoms with Crippen molar-refractivity contribution in [2.45, 2.75) is 32.1 Å². The fourth-order valence-electron chi connectivity index (χ4n) is 5.22. The van der Waals surface area contributed by atoms with E-state index in [1.807, 2.05) is 30.3 Å². The Morgan fingerprint density at radius 1 is 0.975 bits per heavy atom.